The van der Waals surface area contributed by atoms with Gasteiger partial charge in [0.15, 0.2) is 0 Å². The van der Waals surface area contributed by atoms with E-state index in [0.717, 1.165) is 15.6 Å². The number of benzene rings is 2. The summed E-state index contributed by atoms with van der Waals surface area (Å²) in [4.78, 5) is 31.6. The fourth-order valence-corrected chi connectivity index (χ4v) is 3.89. The number of rotatable bonds is 5. The van der Waals surface area contributed by atoms with Gasteiger partial charge in [-0.2, -0.15) is 0 Å². The second-order valence-corrected chi connectivity index (χ2v) is 7.98. The van der Waals surface area contributed by atoms with E-state index in [4.69, 9.17) is 4.74 Å². The highest BCUT2D eigenvalue weighted by molar-refractivity contribution is 9.10. The number of halogens is 1. The SMILES string of the molecule is COc1ccc(/C(O)=C2/C(=O)C(=O)N(Cc3cccnc3)C2c2ccc(Br)cc2)cc1. The second kappa shape index (κ2) is 8.73. The van der Waals surface area contributed by atoms with Gasteiger partial charge in [0.1, 0.15) is 11.5 Å². The third kappa shape index (κ3) is 4.09. The molecular formula is C24H19BrN2O4. The normalized spacial score (nSPS) is 17.7. The van der Waals surface area contributed by atoms with Gasteiger partial charge in [0.25, 0.3) is 11.7 Å². The fourth-order valence-electron chi connectivity index (χ4n) is 3.63. The van der Waals surface area contributed by atoms with Gasteiger partial charge in [0.05, 0.1) is 18.7 Å². The first-order chi connectivity index (χ1) is 15.0. The van der Waals surface area contributed by atoms with Crippen LogP contribution in [0, 0.1) is 0 Å². The van der Waals surface area contributed by atoms with Gasteiger partial charge in [-0.3, -0.25) is 14.6 Å². The Morgan fingerprint density at radius 1 is 1.10 bits per heavy atom. The summed E-state index contributed by atoms with van der Waals surface area (Å²) < 4.78 is 6.03. The van der Waals surface area contributed by atoms with Crippen molar-refractivity contribution in [2.75, 3.05) is 7.11 Å². The predicted molar refractivity (Wildman–Crippen MR) is 119 cm³/mol. The van der Waals surface area contributed by atoms with Gasteiger partial charge in [-0.05, 0) is 53.6 Å². The molecule has 3 aromatic rings. The molecule has 156 valence electrons. The average Bonchev–Trinajstić information content (AvgIpc) is 3.05. The van der Waals surface area contributed by atoms with Crippen LogP contribution in [0.25, 0.3) is 5.76 Å². The minimum absolute atomic E-state index is 0.0568. The number of methoxy groups -OCH3 is 1. The van der Waals surface area contributed by atoms with E-state index in [1.807, 2.05) is 30.3 Å². The van der Waals surface area contributed by atoms with Crippen LogP contribution in [0.4, 0.5) is 0 Å². The van der Waals surface area contributed by atoms with Crippen LogP contribution in [0.1, 0.15) is 22.7 Å². The van der Waals surface area contributed by atoms with Crippen LogP contribution in [-0.4, -0.2) is 33.8 Å². The molecule has 2 aromatic carbocycles. The molecule has 1 N–H and O–H groups in total. The van der Waals surface area contributed by atoms with E-state index >= 15 is 0 Å². The molecule has 1 atom stereocenters. The van der Waals surface area contributed by atoms with Crippen molar-refractivity contribution < 1.29 is 19.4 Å². The third-order valence-corrected chi connectivity index (χ3v) is 5.69. The maximum atomic E-state index is 13.0. The third-order valence-electron chi connectivity index (χ3n) is 5.16. The maximum absolute atomic E-state index is 13.0. The molecule has 1 aliphatic rings. The van der Waals surface area contributed by atoms with Crippen molar-refractivity contribution in [3.05, 3.63) is 99.8 Å². The smallest absolute Gasteiger partial charge is 0.295 e. The van der Waals surface area contributed by atoms with Crippen molar-refractivity contribution >= 4 is 33.4 Å². The summed E-state index contributed by atoms with van der Waals surface area (Å²) in [7, 11) is 1.55. The number of amides is 1. The van der Waals surface area contributed by atoms with Crippen molar-refractivity contribution in [2.24, 2.45) is 0 Å². The van der Waals surface area contributed by atoms with Crippen molar-refractivity contribution in [2.45, 2.75) is 12.6 Å². The van der Waals surface area contributed by atoms with E-state index in [1.54, 1.807) is 49.8 Å². The van der Waals surface area contributed by atoms with Crippen LogP contribution in [0.5, 0.6) is 5.75 Å². The van der Waals surface area contributed by atoms with Gasteiger partial charge >= 0.3 is 0 Å². The molecule has 1 aromatic heterocycles. The Labute approximate surface area is 187 Å². The first-order valence-corrected chi connectivity index (χ1v) is 10.4. The summed E-state index contributed by atoms with van der Waals surface area (Å²) in [5, 5.41) is 11.1. The molecule has 2 heterocycles. The Hall–Kier alpha value is -3.45. The van der Waals surface area contributed by atoms with Gasteiger partial charge < -0.3 is 14.7 Å². The molecule has 0 saturated carbocycles. The molecule has 1 saturated heterocycles. The lowest BCUT2D eigenvalue weighted by Crippen LogP contribution is -2.29. The molecule has 0 spiro atoms. The van der Waals surface area contributed by atoms with E-state index in [-0.39, 0.29) is 17.9 Å². The van der Waals surface area contributed by atoms with Crippen LogP contribution >= 0.6 is 15.9 Å². The number of pyridine rings is 1. The molecule has 0 bridgehead atoms. The van der Waals surface area contributed by atoms with Crippen LogP contribution in [0.15, 0.2) is 83.1 Å². The molecule has 6 nitrogen and oxygen atoms in total. The zero-order valence-electron chi connectivity index (χ0n) is 16.7. The lowest BCUT2D eigenvalue weighted by atomic mass is 9.95. The molecule has 1 fully saturated rings. The lowest BCUT2D eigenvalue weighted by Gasteiger charge is -2.25. The number of ether oxygens (including phenoxy) is 1. The molecule has 7 heteroatoms. The van der Waals surface area contributed by atoms with Crippen molar-refractivity contribution in [1.82, 2.24) is 9.88 Å². The molecule has 1 unspecified atom stereocenters. The van der Waals surface area contributed by atoms with Crippen molar-refractivity contribution in [3.63, 3.8) is 0 Å². The summed E-state index contributed by atoms with van der Waals surface area (Å²) in [6, 6.07) is 16.9. The zero-order valence-corrected chi connectivity index (χ0v) is 18.2. The number of nitrogens with zero attached hydrogens (tertiary/aromatic N) is 2. The molecule has 31 heavy (non-hydrogen) atoms. The first kappa shape index (κ1) is 20.8. The monoisotopic (exact) mass is 478 g/mol. The summed E-state index contributed by atoms with van der Waals surface area (Å²) in [5.41, 5.74) is 2.00. The highest BCUT2D eigenvalue weighted by atomic mass is 79.9. The molecule has 1 amide bonds. The number of ketones is 1. The Balaban J connectivity index is 1.84. The Kier molecular flexibility index (Phi) is 5.86. The van der Waals surface area contributed by atoms with E-state index in [0.29, 0.717) is 11.3 Å². The molecule has 0 radical (unpaired) electrons. The fraction of sp³-hybridized carbons (Fsp3) is 0.125. The minimum Gasteiger partial charge on any atom is -0.507 e. The van der Waals surface area contributed by atoms with Crippen LogP contribution in [0.3, 0.4) is 0 Å². The highest BCUT2D eigenvalue weighted by Gasteiger charge is 2.46. The number of carbonyl (C=O) groups excluding carboxylic acids is 2. The summed E-state index contributed by atoms with van der Waals surface area (Å²) >= 11 is 3.41. The number of aliphatic hydroxyl groups excluding tert-OH is 1. The van der Waals surface area contributed by atoms with E-state index in [9.17, 15) is 14.7 Å². The average molecular weight is 479 g/mol. The van der Waals surface area contributed by atoms with Gasteiger partial charge in [-0.15, -0.1) is 0 Å². The largest absolute Gasteiger partial charge is 0.507 e. The first-order valence-electron chi connectivity index (χ1n) is 9.57. The van der Waals surface area contributed by atoms with Gasteiger partial charge in [0, 0.05) is 29.0 Å². The summed E-state index contributed by atoms with van der Waals surface area (Å²) in [5.74, 6) is -0.974. The van der Waals surface area contributed by atoms with Gasteiger partial charge in [0.2, 0.25) is 0 Å². The van der Waals surface area contributed by atoms with E-state index < -0.39 is 17.7 Å². The predicted octanol–water partition coefficient (Wildman–Crippen LogP) is 4.47. The van der Waals surface area contributed by atoms with Gasteiger partial charge in [-0.1, -0.05) is 34.1 Å². The molecule has 1 aliphatic heterocycles. The van der Waals surface area contributed by atoms with Crippen molar-refractivity contribution in [3.8, 4) is 5.75 Å². The lowest BCUT2D eigenvalue weighted by molar-refractivity contribution is -0.140. The topological polar surface area (TPSA) is 79.7 Å². The number of aromatic nitrogens is 1. The number of aliphatic hydroxyl groups is 1. The molecule has 0 aliphatic carbocycles. The standard InChI is InChI=1S/C24H19BrN2O4/c1-31-19-10-6-17(7-11-19)22(28)20-21(16-4-8-18(25)9-5-16)27(24(30)23(20)29)14-15-3-2-12-26-13-15/h2-13,21,28H,14H2,1H3/b22-20-. The second-order valence-electron chi connectivity index (χ2n) is 7.07. The van der Waals surface area contributed by atoms with Crippen LogP contribution < -0.4 is 4.74 Å². The maximum Gasteiger partial charge on any atom is 0.295 e. The zero-order chi connectivity index (χ0) is 22.0. The highest BCUT2D eigenvalue weighted by Crippen LogP contribution is 2.40. The molecule has 4 rings (SSSR count). The number of carbonyl (C=O) groups is 2. The van der Waals surface area contributed by atoms with Crippen LogP contribution in [-0.2, 0) is 16.1 Å². The number of hydrogen-bond donors (Lipinski definition) is 1. The molecular weight excluding hydrogens is 460 g/mol. The van der Waals surface area contributed by atoms with Gasteiger partial charge in [-0.25, -0.2) is 0 Å². The summed E-state index contributed by atoms with van der Waals surface area (Å²) in [6.07, 6.45) is 3.30. The quantitative estimate of drug-likeness (QED) is 0.332. The number of hydrogen-bond acceptors (Lipinski definition) is 5. The number of likely N-dealkylation sites (tertiary alicyclic amines) is 1. The summed E-state index contributed by atoms with van der Waals surface area (Å²) in [6.45, 7) is 0.193. The van der Waals surface area contributed by atoms with E-state index in [1.165, 1.54) is 4.90 Å². The van der Waals surface area contributed by atoms with E-state index in [2.05, 4.69) is 20.9 Å². The van der Waals surface area contributed by atoms with Crippen molar-refractivity contribution in [1.29, 1.82) is 0 Å². The number of Topliss-reactive ketones (excluding diaryl/α,β-unsaturated/α-hetero) is 1. The van der Waals surface area contributed by atoms with Crippen LogP contribution in [0.2, 0.25) is 0 Å². The minimum atomic E-state index is -0.726. The Morgan fingerprint density at radius 2 is 1.81 bits per heavy atom. The Bertz CT molecular complexity index is 1140. The Morgan fingerprint density at radius 3 is 2.42 bits per heavy atom.